The van der Waals surface area contributed by atoms with E-state index in [-0.39, 0.29) is 18.5 Å². The highest BCUT2D eigenvalue weighted by Gasteiger charge is 2.20. The molecule has 0 aliphatic carbocycles. The second kappa shape index (κ2) is 72.8. The van der Waals surface area contributed by atoms with E-state index in [9.17, 15) is 19.8 Å². The topological polar surface area (TPSA) is 95.9 Å². The maximum absolute atomic E-state index is 12.5. The molecule has 6 nitrogen and oxygen atoms in total. The van der Waals surface area contributed by atoms with Crippen molar-refractivity contribution in [3.63, 3.8) is 0 Å². The number of rotatable bonds is 72. The van der Waals surface area contributed by atoms with Gasteiger partial charge in [-0.25, -0.2) is 0 Å². The van der Waals surface area contributed by atoms with Crippen LogP contribution in [-0.4, -0.2) is 47.4 Å². The smallest absolute Gasteiger partial charge is 0.305 e. The Kier molecular flexibility index (Phi) is 71.4. The number of carbonyl (C=O) groups is 2. The molecule has 0 heterocycles. The maximum Gasteiger partial charge on any atom is 0.305 e. The molecule has 3 N–H and O–H groups in total. The van der Waals surface area contributed by atoms with Gasteiger partial charge in [0.2, 0.25) is 5.91 Å². The van der Waals surface area contributed by atoms with Gasteiger partial charge in [0.25, 0.3) is 0 Å². The Morgan fingerprint density at radius 1 is 0.337 bits per heavy atom. The first-order chi connectivity index (χ1) is 41.0. The fraction of sp³-hybridized carbons (Fsp3) is 0.922. The molecule has 6 heteroatoms. The molecule has 83 heavy (non-hydrogen) atoms. The van der Waals surface area contributed by atoms with Crippen LogP contribution in [0.2, 0.25) is 0 Å². The molecule has 0 aromatic rings. The van der Waals surface area contributed by atoms with Crippen LogP contribution in [0.15, 0.2) is 24.3 Å². The number of aliphatic hydroxyl groups is 2. The van der Waals surface area contributed by atoms with Gasteiger partial charge >= 0.3 is 5.97 Å². The van der Waals surface area contributed by atoms with Gasteiger partial charge in [-0.2, -0.15) is 0 Å². The van der Waals surface area contributed by atoms with Gasteiger partial charge < -0.3 is 20.3 Å². The third-order valence-electron chi connectivity index (χ3n) is 18.0. The van der Waals surface area contributed by atoms with E-state index in [2.05, 4.69) is 43.5 Å². The molecule has 0 saturated carbocycles. The van der Waals surface area contributed by atoms with Gasteiger partial charge in [-0.15, -0.1) is 0 Å². The highest BCUT2D eigenvalue weighted by molar-refractivity contribution is 5.76. The lowest BCUT2D eigenvalue weighted by Crippen LogP contribution is -2.45. The molecular formula is C77H149NO5. The molecule has 2 unspecified atom stereocenters. The first-order valence-corrected chi connectivity index (χ1v) is 38.1. The van der Waals surface area contributed by atoms with Crippen LogP contribution >= 0.6 is 0 Å². The zero-order chi connectivity index (χ0) is 59.9. The zero-order valence-electron chi connectivity index (χ0n) is 56.5. The summed E-state index contributed by atoms with van der Waals surface area (Å²) in [6.07, 6.45) is 92.6. The van der Waals surface area contributed by atoms with Crippen LogP contribution in [0.1, 0.15) is 431 Å². The minimum absolute atomic E-state index is 0.00842. The van der Waals surface area contributed by atoms with E-state index in [1.165, 1.54) is 347 Å². The van der Waals surface area contributed by atoms with Crippen molar-refractivity contribution >= 4 is 11.9 Å². The molecule has 0 rings (SSSR count). The van der Waals surface area contributed by atoms with Crippen molar-refractivity contribution < 1.29 is 24.5 Å². The van der Waals surface area contributed by atoms with E-state index in [1.54, 1.807) is 0 Å². The Bertz CT molecular complexity index is 1300. The van der Waals surface area contributed by atoms with Crippen molar-refractivity contribution in [1.29, 1.82) is 0 Å². The van der Waals surface area contributed by atoms with E-state index in [4.69, 9.17) is 4.74 Å². The second-order valence-electron chi connectivity index (χ2n) is 26.3. The number of hydrogen-bond acceptors (Lipinski definition) is 5. The standard InChI is InChI=1S/C77H149NO5/c1-3-5-7-9-11-13-15-17-19-20-38-42-45-49-53-57-61-65-69-75(80)74(73-79)78-76(81)70-66-62-58-54-50-46-43-39-36-34-32-30-28-26-24-22-21-23-25-27-29-31-33-35-37-40-44-48-52-56-60-64-68-72-83-77(82)71-67-63-59-55-51-47-41-18-16-14-12-10-8-6-4-2/h12,14,18,41,74-75,79-80H,3-11,13,15-17,19-40,42-73H2,1-2H3,(H,78,81)/b14-12-,41-18-. The molecule has 0 aromatic carbocycles. The Balaban J connectivity index is 3.32. The van der Waals surface area contributed by atoms with Crippen LogP contribution in [0.3, 0.4) is 0 Å². The third-order valence-corrected chi connectivity index (χ3v) is 18.0. The van der Waals surface area contributed by atoms with E-state index in [0.29, 0.717) is 25.9 Å². The van der Waals surface area contributed by atoms with Crippen molar-refractivity contribution in [2.45, 2.75) is 443 Å². The van der Waals surface area contributed by atoms with E-state index < -0.39 is 12.1 Å². The fourth-order valence-corrected chi connectivity index (χ4v) is 12.2. The summed E-state index contributed by atoms with van der Waals surface area (Å²) in [5.74, 6) is -0.0174. The van der Waals surface area contributed by atoms with Crippen molar-refractivity contribution in [2.24, 2.45) is 0 Å². The number of unbranched alkanes of at least 4 members (excludes halogenated alkanes) is 57. The molecule has 0 aromatic heterocycles. The minimum Gasteiger partial charge on any atom is -0.466 e. The number of ether oxygens (including phenoxy) is 1. The molecule has 0 spiro atoms. The second-order valence-corrected chi connectivity index (χ2v) is 26.3. The van der Waals surface area contributed by atoms with Gasteiger partial charge in [-0.3, -0.25) is 9.59 Å². The van der Waals surface area contributed by atoms with Gasteiger partial charge in [0, 0.05) is 12.8 Å². The number of nitrogens with one attached hydrogen (secondary N) is 1. The normalized spacial score (nSPS) is 12.6. The number of hydrogen-bond donors (Lipinski definition) is 3. The summed E-state index contributed by atoms with van der Waals surface area (Å²) in [5, 5.41) is 23.4. The zero-order valence-corrected chi connectivity index (χ0v) is 56.5. The summed E-state index contributed by atoms with van der Waals surface area (Å²) in [6, 6.07) is -0.538. The molecule has 2 atom stereocenters. The predicted octanol–water partition coefficient (Wildman–Crippen LogP) is 24.9. The number of aliphatic hydroxyl groups excluding tert-OH is 2. The van der Waals surface area contributed by atoms with Crippen LogP contribution in [0, 0.1) is 0 Å². The molecule has 0 bridgehead atoms. The number of allylic oxidation sites excluding steroid dienone is 4. The van der Waals surface area contributed by atoms with Gasteiger partial charge in [0.15, 0.2) is 0 Å². The average molecular weight is 1170 g/mol. The summed E-state index contributed by atoms with van der Waals surface area (Å²) in [5.41, 5.74) is 0. The quantitative estimate of drug-likeness (QED) is 0.0320. The number of esters is 1. The van der Waals surface area contributed by atoms with Gasteiger partial charge in [0.05, 0.1) is 25.4 Å². The summed E-state index contributed by atoms with van der Waals surface area (Å²) >= 11 is 0. The summed E-state index contributed by atoms with van der Waals surface area (Å²) < 4.78 is 5.49. The summed E-state index contributed by atoms with van der Waals surface area (Å²) in [7, 11) is 0. The largest absolute Gasteiger partial charge is 0.466 e. The van der Waals surface area contributed by atoms with Crippen LogP contribution < -0.4 is 5.32 Å². The van der Waals surface area contributed by atoms with Crippen molar-refractivity contribution in [1.82, 2.24) is 5.32 Å². The lowest BCUT2D eigenvalue weighted by Gasteiger charge is -2.22. The Hall–Kier alpha value is -1.66. The van der Waals surface area contributed by atoms with Crippen molar-refractivity contribution in [3.05, 3.63) is 24.3 Å². The fourth-order valence-electron chi connectivity index (χ4n) is 12.2. The van der Waals surface area contributed by atoms with E-state index >= 15 is 0 Å². The number of carbonyl (C=O) groups excluding carboxylic acids is 2. The van der Waals surface area contributed by atoms with Gasteiger partial charge in [0.1, 0.15) is 0 Å². The minimum atomic E-state index is -0.661. The molecule has 0 saturated heterocycles. The van der Waals surface area contributed by atoms with Crippen LogP contribution in [0.5, 0.6) is 0 Å². The summed E-state index contributed by atoms with van der Waals surface area (Å²) in [6.45, 7) is 4.97. The lowest BCUT2D eigenvalue weighted by atomic mass is 10.0. The molecule has 0 aliphatic rings. The molecule has 492 valence electrons. The third kappa shape index (κ3) is 69.3. The van der Waals surface area contributed by atoms with Crippen molar-refractivity contribution in [3.8, 4) is 0 Å². The first kappa shape index (κ1) is 81.3. The Morgan fingerprint density at radius 2 is 0.602 bits per heavy atom. The van der Waals surface area contributed by atoms with Gasteiger partial charge in [-0.1, -0.05) is 385 Å². The van der Waals surface area contributed by atoms with Crippen molar-refractivity contribution in [2.75, 3.05) is 13.2 Å². The Morgan fingerprint density at radius 3 is 0.940 bits per heavy atom. The summed E-state index contributed by atoms with van der Waals surface area (Å²) in [4.78, 5) is 24.6. The van der Waals surface area contributed by atoms with Crippen LogP contribution in [0.4, 0.5) is 0 Å². The van der Waals surface area contributed by atoms with Gasteiger partial charge in [-0.05, 0) is 57.8 Å². The Labute approximate surface area is 520 Å². The van der Waals surface area contributed by atoms with Crippen LogP contribution in [-0.2, 0) is 14.3 Å². The van der Waals surface area contributed by atoms with E-state index in [1.807, 2.05) is 0 Å². The average Bonchev–Trinajstić information content (AvgIpc) is 3.49. The highest BCUT2D eigenvalue weighted by atomic mass is 16.5. The lowest BCUT2D eigenvalue weighted by molar-refractivity contribution is -0.143. The molecule has 1 amide bonds. The van der Waals surface area contributed by atoms with E-state index in [0.717, 1.165) is 51.4 Å². The highest BCUT2D eigenvalue weighted by Crippen LogP contribution is 2.20. The molecule has 0 fully saturated rings. The first-order valence-electron chi connectivity index (χ1n) is 38.1. The van der Waals surface area contributed by atoms with Crippen LogP contribution in [0.25, 0.3) is 0 Å². The number of amides is 1. The maximum atomic E-state index is 12.5. The predicted molar refractivity (Wildman–Crippen MR) is 366 cm³/mol. The molecule has 0 radical (unpaired) electrons. The SMILES string of the molecule is CCCCC/C=C\C/C=C\CCCCCCCC(=O)OCCCCCCCCCCCCCCCCCCCCCCCCCCCCCCCCCCCC(=O)NC(CO)C(O)CCCCCCCCCCCCCCCCCCCC. The molecular weight excluding hydrogens is 1020 g/mol. The monoisotopic (exact) mass is 1170 g/mol. The molecule has 0 aliphatic heterocycles.